The fourth-order valence-electron chi connectivity index (χ4n) is 1.55. The molecule has 5 heteroatoms. The van der Waals surface area contributed by atoms with Gasteiger partial charge in [0.1, 0.15) is 5.75 Å². The molecule has 0 aromatic heterocycles. The maximum Gasteiger partial charge on any atom is 0.179 e. The Balaban J connectivity index is 2.89. The van der Waals surface area contributed by atoms with Crippen molar-refractivity contribution in [1.29, 1.82) is 0 Å². The molecule has 1 atom stereocenters. The third kappa shape index (κ3) is 3.71. The second kappa shape index (κ2) is 6.02. The van der Waals surface area contributed by atoms with Gasteiger partial charge in [0.15, 0.2) is 9.84 Å². The van der Waals surface area contributed by atoms with Gasteiger partial charge in [-0.25, -0.2) is 8.42 Å². The highest BCUT2D eigenvalue weighted by Gasteiger charge is 2.19. The van der Waals surface area contributed by atoms with Gasteiger partial charge in [-0.15, -0.1) is 0 Å². The topological polar surface area (TPSA) is 55.4 Å². The second-order valence-corrected chi connectivity index (χ2v) is 5.89. The molecule has 0 heterocycles. The Labute approximate surface area is 103 Å². The number of ether oxygens (including phenoxy) is 1. The summed E-state index contributed by atoms with van der Waals surface area (Å²) in [5, 5.41) is 3.00. The van der Waals surface area contributed by atoms with Crippen molar-refractivity contribution in [3.05, 3.63) is 24.3 Å². The molecule has 0 spiro atoms. The number of hydrogen-bond acceptors (Lipinski definition) is 4. The van der Waals surface area contributed by atoms with Crippen molar-refractivity contribution in [2.24, 2.45) is 0 Å². The summed E-state index contributed by atoms with van der Waals surface area (Å²) in [5.74, 6) is 0.774. The fourth-order valence-corrected chi connectivity index (χ4v) is 3.22. The Bertz CT molecular complexity index is 435. The molecule has 0 aliphatic heterocycles. The van der Waals surface area contributed by atoms with Gasteiger partial charge < -0.3 is 10.1 Å². The van der Waals surface area contributed by atoms with E-state index in [4.69, 9.17) is 4.74 Å². The first kappa shape index (κ1) is 14.0. The molecule has 0 bridgehead atoms. The first-order valence-electron chi connectivity index (χ1n) is 5.57. The van der Waals surface area contributed by atoms with E-state index in [9.17, 15) is 8.42 Å². The van der Waals surface area contributed by atoms with Gasteiger partial charge in [-0.2, -0.15) is 0 Å². The Morgan fingerprint density at radius 1 is 1.29 bits per heavy atom. The van der Waals surface area contributed by atoms with Gasteiger partial charge in [0.05, 0.1) is 17.8 Å². The maximum atomic E-state index is 12.1. The van der Waals surface area contributed by atoms with E-state index in [0.717, 1.165) is 6.42 Å². The summed E-state index contributed by atoms with van der Waals surface area (Å²) in [6.45, 7) is 1.96. The van der Waals surface area contributed by atoms with Crippen molar-refractivity contribution in [1.82, 2.24) is 5.32 Å². The lowest BCUT2D eigenvalue weighted by molar-refractivity contribution is 0.414. The van der Waals surface area contributed by atoms with Crippen molar-refractivity contribution >= 4 is 9.84 Å². The normalized spacial score (nSPS) is 13.4. The lowest BCUT2D eigenvalue weighted by Gasteiger charge is -2.14. The van der Waals surface area contributed by atoms with Crippen LogP contribution in [0, 0.1) is 0 Å². The zero-order chi connectivity index (χ0) is 12.9. The number of sulfone groups is 1. The highest BCUT2D eigenvalue weighted by atomic mass is 32.2. The summed E-state index contributed by atoms with van der Waals surface area (Å²) < 4.78 is 29.2. The summed E-state index contributed by atoms with van der Waals surface area (Å²) in [6.07, 6.45) is 0.784. The lowest BCUT2D eigenvalue weighted by atomic mass is 10.3. The van der Waals surface area contributed by atoms with Crippen LogP contribution in [0.2, 0.25) is 0 Å². The zero-order valence-corrected chi connectivity index (χ0v) is 11.3. The van der Waals surface area contributed by atoms with Crippen molar-refractivity contribution < 1.29 is 13.2 Å². The molecule has 4 nitrogen and oxygen atoms in total. The average Bonchev–Trinajstić information content (AvgIpc) is 2.36. The summed E-state index contributed by atoms with van der Waals surface area (Å²) >= 11 is 0. The van der Waals surface area contributed by atoms with Crippen LogP contribution < -0.4 is 10.1 Å². The quantitative estimate of drug-likeness (QED) is 0.838. The van der Waals surface area contributed by atoms with E-state index in [-0.39, 0.29) is 11.8 Å². The van der Waals surface area contributed by atoms with Crippen LogP contribution in [0.15, 0.2) is 29.2 Å². The van der Waals surface area contributed by atoms with Gasteiger partial charge in [-0.05, 0) is 37.7 Å². The zero-order valence-electron chi connectivity index (χ0n) is 10.4. The predicted octanol–water partition coefficient (Wildman–Crippen LogP) is 1.47. The smallest absolute Gasteiger partial charge is 0.179 e. The van der Waals surface area contributed by atoms with E-state index in [1.807, 2.05) is 6.92 Å². The van der Waals surface area contributed by atoms with E-state index < -0.39 is 9.84 Å². The van der Waals surface area contributed by atoms with Crippen LogP contribution in [0.1, 0.15) is 13.3 Å². The maximum absolute atomic E-state index is 12.1. The van der Waals surface area contributed by atoms with Gasteiger partial charge in [0, 0.05) is 6.04 Å². The third-order valence-corrected chi connectivity index (χ3v) is 4.57. The van der Waals surface area contributed by atoms with E-state index in [1.54, 1.807) is 38.4 Å². The van der Waals surface area contributed by atoms with Crippen LogP contribution in [0.25, 0.3) is 0 Å². The van der Waals surface area contributed by atoms with Crippen molar-refractivity contribution in [3.8, 4) is 5.75 Å². The number of methoxy groups -OCH3 is 1. The SMILES string of the molecule is CCC(CS(=O)(=O)c1ccc(OC)cc1)NC. The van der Waals surface area contributed by atoms with Crippen molar-refractivity contribution in [2.75, 3.05) is 19.9 Å². The van der Waals surface area contributed by atoms with Crippen molar-refractivity contribution in [2.45, 2.75) is 24.3 Å². The predicted molar refractivity (Wildman–Crippen MR) is 68.2 cm³/mol. The lowest BCUT2D eigenvalue weighted by Crippen LogP contribution is -2.32. The largest absolute Gasteiger partial charge is 0.497 e. The monoisotopic (exact) mass is 257 g/mol. The second-order valence-electron chi connectivity index (χ2n) is 3.85. The minimum absolute atomic E-state index is 0.0119. The molecule has 1 aromatic carbocycles. The van der Waals surface area contributed by atoms with Crippen LogP contribution in [-0.2, 0) is 9.84 Å². The Morgan fingerprint density at radius 2 is 1.88 bits per heavy atom. The summed E-state index contributed by atoms with van der Waals surface area (Å²) in [6, 6.07) is 6.47. The average molecular weight is 257 g/mol. The molecule has 0 aliphatic rings. The Hall–Kier alpha value is -1.07. The molecule has 1 rings (SSSR count). The molecule has 1 unspecified atom stereocenters. The van der Waals surface area contributed by atoms with Crippen LogP contribution >= 0.6 is 0 Å². The van der Waals surface area contributed by atoms with E-state index in [0.29, 0.717) is 10.6 Å². The van der Waals surface area contributed by atoms with E-state index in [2.05, 4.69) is 5.32 Å². The van der Waals surface area contributed by atoms with Crippen molar-refractivity contribution in [3.63, 3.8) is 0 Å². The molecule has 96 valence electrons. The summed E-state index contributed by atoms with van der Waals surface area (Å²) in [4.78, 5) is 0.340. The Kier molecular flexibility index (Phi) is 4.96. The number of rotatable bonds is 6. The Morgan fingerprint density at radius 3 is 2.29 bits per heavy atom. The van der Waals surface area contributed by atoms with Crippen LogP contribution in [-0.4, -0.2) is 34.4 Å². The highest BCUT2D eigenvalue weighted by molar-refractivity contribution is 7.91. The van der Waals surface area contributed by atoms with Gasteiger partial charge in [0.2, 0.25) is 0 Å². The third-order valence-electron chi connectivity index (χ3n) is 2.74. The fraction of sp³-hybridized carbons (Fsp3) is 0.500. The van der Waals surface area contributed by atoms with Gasteiger partial charge in [-0.1, -0.05) is 6.92 Å². The molecule has 0 saturated carbocycles. The van der Waals surface area contributed by atoms with Gasteiger partial charge in [-0.3, -0.25) is 0 Å². The molecule has 0 fully saturated rings. The minimum Gasteiger partial charge on any atom is -0.497 e. The number of hydrogen-bond donors (Lipinski definition) is 1. The first-order chi connectivity index (χ1) is 8.03. The van der Waals surface area contributed by atoms with Crippen LogP contribution in [0.4, 0.5) is 0 Å². The highest BCUT2D eigenvalue weighted by Crippen LogP contribution is 2.17. The summed E-state index contributed by atoms with van der Waals surface area (Å²) in [7, 11) is 0.102. The van der Waals surface area contributed by atoms with Crippen LogP contribution in [0.5, 0.6) is 5.75 Å². The molecule has 17 heavy (non-hydrogen) atoms. The van der Waals surface area contributed by atoms with E-state index >= 15 is 0 Å². The van der Waals surface area contributed by atoms with E-state index in [1.165, 1.54) is 0 Å². The van der Waals surface area contributed by atoms with Gasteiger partial charge >= 0.3 is 0 Å². The molecule has 0 radical (unpaired) electrons. The number of benzene rings is 1. The molecule has 0 amide bonds. The summed E-state index contributed by atoms with van der Waals surface area (Å²) in [5.41, 5.74) is 0. The molecule has 1 N–H and O–H groups in total. The standard InChI is InChI=1S/C12H19NO3S/c1-4-10(13-2)9-17(14,15)12-7-5-11(16-3)6-8-12/h5-8,10,13H,4,9H2,1-3H3. The molecule has 1 aromatic rings. The number of nitrogens with one attached hydrogen (secondary N) is 1. The molecule has 0 saturated heterocycles. The van der Waals surface area contributed by atoms with Gasteiger partial charge in [0.25, 0.3) is 0 Å². The van der Waals surface area contributed by atoms with Crippen LogP contribution in [0.3, 0.4) is 0 Å². The molecular formula is C12H19NO3S. The first-order valence-corrected chi connectivity index (χ1v) is 7.22. The minimum atomic E-state index is -3.23. The molecular weight excluding hydrogens is 238 g/mol. The molecule has 0 aliphatic carbocycles.